The Hall–Kier alpha value is 0.1000. The molecule has 0 saturated carbocycles. The van der Waals surface area contributed by atoms with Crippen LogP contribution in [0.2, 0.25) is 0 Å². The highest BCUT2D eigenvalue weighted by atomic mass is 79.9. The van der Waals surface area contributed by atoms with Crippen molar-refractivity contribution >= 4 is 27.3 Å². The van der Waals surface area contributed by atoms with E-state index in [4.69, 9.17) is 4.74 Å². The van der Waals surface area contributed by atoms with Crippen LogP contribution in [0.25, 0.3) is 0 Å². The third-order valence-corrected chi connectivity index (χ3v) is 4.64. The zero-order valence-electron chi connectivity index (χ0n) is 9.62. The van der Waals surface area contributed by atoms with Gasteiger partial charge in [-0.1, -0.05) is 0 Å². The molecule has 0 spiro atoms. The van der Waals surface area contributed by atoms with Gasteiger partial charge in [-0.2, -0.15) is 0 Å². The van der Waals surface area contributed by atoms with Crippen LogP contribution in [0, 0.1) is 5.92 Å². The molecule has 1 aromatic rings. The molecular weight excluding hydrogens is 286 g/mol. The van der Waals surface area contributed by atoms with Gasteiger partial charge in [-0.25, -0.2) is 0 Å². The van der Waals surface area contributed by atoms with Gasteiger partial charge in [-0.15, -0.1) is 11.3 Å². The summed E-state index contributed by atoms with van der Waals surface area (Å²) in [6, 6.07) is 2.21. The molecule has 0 amide bonds. The molecule has 0 aliphatic carbocycles. The summed E-state index contributed by atoms with van der Waals surface area (Å²) in [5.41, 5.74) is 0. The van der Waals surface area contributed by atoms with Crippen LogP contribution in [-0.2, 0) is 11.3 Å². The second-order valence-corrected chi connectivity index (χ2v) is 6.40. The van der Waals surface area contributed by atoms with E-state index in [2.05, 4.69) is 39.3 Å². The second kappa shape index (κ2) is 6.15. The molecule has 1 aliphatic rings. The zero-order chi connectivity index (χ0) is 11.4. The molecule has 0 N–H and O–H groups in total. The van der Waals surface area contributed by atoms with Gasteiger partial charge in [0, 0.05) is 41.0 Å². The Kier molecular flexibility index (Phi) is 4.82. The van der Waals surface area contributed by atoms with Crippen LogP contribution in [0.3, 0.4) is 0 Å². The third-order valence-electron chi connectivity index (χ3n) is 2.96. The van der Waals surface area contributed by atoms with Crippen molar-refractivity contribution in [2.75, 3.05) is 26.8 Å². The SMILES string of the molecule is CN(Cc1cc(Br)cs1)CC1CCOCC1. The van der Waals surface area contributed by atoms with E-state index in [0.717, 1.165) is 25.7 Å². The quantitative estimate of drug-likeness (QED) is 0.845. The Bertz CT molecular complexity index is 323. The van der Waals surface area contributed by atoms with Gasteiger partial charge in [-0.05, 0) is 47.8 Å². The van der Waals surface area contributed by atoms with Crippen molar-refractivity contribution in [2.45, 2.75) is 19.4 Å². The molecule has 1 aromatic heterocycles. The van der Waals surface area contributed by atoms with E-state index in [1.54, 1.807) is 0 Å². The lowest BCUT2D eigenvalue weighted by Gasteiger charge is -2.26. The van der Waals surface area contributed by atoms with E-state index in [-0.39, 0.29) is 0 Å². The third kappa shape index (κ3) is 3.84. The maximum Gasteiger partial charge on any atom is 0.0469 e. The zero-order valence-corrected chi connectivity index (χ0v) is 12.0. The molecule has 0 aromatic carbocycles. The highest BCUT2D eigenvalue weighted by Crippen LogP contribution is 2.22. The van der Waals surface area contributed by atoms with Crippen molar-refractivity contribution in [2.24, 2.45) is 5.92 Å². The Morgan fingerprint density at radius 3 is 2.88 bits per heavy atom. The summed E-state index contributed by atoms with van der Waals surface area (Å²) < 4.78 is 6.58. The van der Waals surface area contributed by atoms with E-state index in [1.807, 2.05) is 11.3 Å². The number of nitrogens with zero attached hydrogens (tertiary/aromatic N) is 1. The number of halogens is 1. The molecule has 0 radical (unpaired) electrons. The summed E-state index contributed by atoms with van der Waals surface area (Å²) in [5, 5.41) is 2.15. The first-order chi connectivity index (χ1) is 7.74. The lowest BCUT2D eigenvalue weighted by Crippen LogP contribution is -2.29. The molecule has 0 bridgehead atoms. The van der Waals surface area contributed by atoms with Crippen molar-refractivity contribution in [1.29, 1.82) is 0 Å². The molecule has 1 saturated heterocycles. The van der Waals surface area contributed by atoms with Gasteiger partial charge in [0.15, 0.2) is 0 Å². The van der Waals surface area contributed by atoms with Crippen molar-refractivity contribution < 1.29 is 4.74 Å². The number of hydrogen-bond donors (Lipinski definition) is 0. The highest BCUT2D eigenvalue weighted by Gasteiger charge is 2.15. The van der Waals surface area contributed by atoms with Gasteiger partial charge in [0.2, 0.25) is 0 Å². The van der Waals surface area contributed by atoms with Gasteiger partial charge in [0.05, 0.1) is 0 Å². The largest absolute Gasteiger partial charge is 0.381 e. The van der Waals surface area contributed by atoms with Gasteiger partial charge in [0.25, 0.3) is 0 Å². The minimum absolute atomic E-state index is 0.821. The fraction of sp³-hybridized carbons (Fsp3) is 0.667. The molecule has 0 unspecified atom stereocenters. The van der Waals surface area contributed by atoms with Crippen LogP contribution < -0.4 is 0 Å². The smallest absolute Gasteiger partial charge is 0.0469 e. The van der Waals surface area contributed by atoms with Gasteiger partial charge >= 0.3 is 0 Å². The van der Waals surface area contributed by atoms with Crippen LogP contribution in [0.5, 0.6) is 0 Å². The first-order valence-corrected chi connectivity index (χ1v) is 7.40. The topological polar surface area (TPSA) is 12.5 Å². The predicted octanol–water partition coefficient (Wildman–Crippen LogP) is 3.37. The van der Waals surface area contributed by atoms with Crippen LogP contribution in [0.1, 0.15) is 17.7 Å². The Balaban J connectivity index is 1.77. The Morgan fingerprint density at radius 1 is 1.50 bits per heavy atom. The molecule has 2 rings (SSSR count). The van der Waals surface area contributed by atoms with E-state index in [0.29, 0.717) is 0 Å². The molecule has 16 heavy (non-hydrogen) atoms. The summed E-state index contributed by atoms with van der Waals surface area (Å²) >= 11 is 5.32. The fourth-order valence-corrected chi connectivity index (χ4v) is 3.67. The summed E-state index contributed by atoms with van der Waals surface area (Å²) in [6.45, 7) is 4.15. The van der Waals surface area contributed by atoms with Gasteiger partial charge < -0.3 is 9.64 Å². The Labute approximate surface area is 110 Å². The summed E-state index contributed by atoms with van der Waals surface area (Å²) in [4.78, 5) is 3.86. The maximum absolute atomic E-state index is 5.38. The van der Waals surface area contributed by atoms with E-state index < -0.39 is 0 Å². The average Bonchev–Trinajstić information content (AvgIpc) is 2.65. The minimum atomic E-state index is 0.821. The van der Waals surface area contributed by atoms with Crippen molar-refractivity contribution in [3.05, 3.63) is 20.8 Å². The number of hydrogen-bond acceptors (Lipinski definition) is 3. The number of thiophene rings is 1. The highest BCUT2D eigenvalue weighted by molar-refractivity contribution is 9.10. The number of rotatable bonds is 4. The molecule has 1 fully saturated rings. The fourth-order valence-electron chi connectivity index (χ4n) is 2.14. The lowest BCUT2D eigenvalue weighted by molar-refractivity contribution is 0.0550. The summed E-state index contributed by atoms with van der Waals surface area (Å²) in [6.07, 6.45) is 2.44. The van der Waals surface area contributed by atoms with Crippen LogP contribution in [0.4, 0.5) is 0 Å². The number of ether oxygens (including phenoxy) is 1. The normalized spacial score (nSPS) is 18.2. The first kappa shape index (κ1) is 12.6. The van der Waals surface area contributed by atoms with E-state index in [9.17, 15) is 0 Å². The predicted molar refractivity (Wildman–Crippen MR) is 71.9 cm³/mol. The van der Waals surface area contributed by atoms with E-state index >= 15 is 0 Å². The minimum Gasteiger partial charge on any atom is -0.381 e. The van der Waals surface area contributed by atoms with Crippen molar-refractivity contribution in [3.8, 4) is 0 Å². The molecule has 2 heterocycles. The average molecular weight is 304 g/mol. The van der Waals surface area contributed by atoms with Crippen LogP contribution in [-0.4, -0.2) is 31.7 Å². The summed E-state index contributed by atoms with van der Waals surface area (Å²) in [5.74, 6) is 0.821. The molecule has 1 aliphatic heterocycles. The first-order valence-electron chi connectivity index (χ1n) is 5.73. The van der Waals surface area contributed by atoms with Gasteiger partial charge in [-0.3, -0.25) is 0 Å². The standard InChI is InChI=1S/C12H18BrNOS/c1-14(7-10-2-4-15-5-3-10)8-12-6-11(13)9-16-12/h6,9-10H,2-5,7-8H2,1H3. The molecular formula is C12H18BrNOS. The van der Waals surface area contributed by atoms with Crippen molar-refractivity contribution in [3.63, 3.8) is 0 Å². The maximum atomic E-state index is 5.38. The molecule has 4 heteroatoms. The van der Waals surface area contributed by atoms with Crippen LogP contribution in [0.15, 0.2) is 15.9 Å². The molecule has 2 nitrogen and oxygen atoms in total. The van der Waals surface area contributed by atoms with Crippen molar-refractivity contribution in [1.82, 2.24) is 4.90 Å². The molecule has 0 atom stereocenters. The molecule has 90 valence electrons. The van der Waals surface area contributed by atoms with E-state index in [1.165, 1.54) is 28.7 Å². The monoisotopic (exact) mass is 303 g/mol. The van der Waals surface area contributed by atoms with Crippen LogP contribution >= 0.6 is 27.3 Å². The second-order valence-electron chi connectivity index (χ2n) is 4.48. The Morgan fingerprint density at radius 2 is 2.25 bits per heavy atom. The summed E-state index contributed by atoms with van der Waals surface area (Å²) in [7, 11) is 2.21. The van der Waals surface area contributed by atoms with Gasteiger partial charge in [0.1, 0.15) is 0 Å². The lowest BCUT2D eigenvalue weighted by atomic mass is 10.00.